The predicted octanol–water partition coefficient (Wildman–Crippen LogP) is 2.20. The van der Waals surface area contributed by atoms with Crippen LogP contribution in [0.25, 0.3) is 0 Å². The lowest BCUT2D eigenvalue weighted by Crippen LogP contribution is -2.22. The number of nitrogen functional groups attached to an aromatic ring is 1. The van der Waals surface area contributed by atoms with Crippen molar-refractivity contribution in [3.05, 3.63) is 12.1 Å². The minimum absolute atomic E-state index is 0.0768. The standard InChI is InChI=1S/C15H26N4O/c1-4-19-8-7-12(10-19)9-17-14-6-5-13(16)15(18-14)20-11(2)3/h5-6,11-12H,4,7-10,16H2,1-3H3,(H,17,18). The van der Waals surface area contributed by atoms with Crippen LogP contribution >= 0.6 is 0 Å². The number of hydrogen-bond donors (Lipinski definition) is 2. The van der Waals surface area contributed by atoms with Gasteiger partial charge < -0.3 is 20.7 Å². The van der Waals surface area contributed by atoms with Crippen LogP contribution in [0, 0.1) is 5.92 Å². The van der Waals surface area contributed by atoms with E-state index in [1.54, 1.807) is 0 Å². The molecule has 1 unspecified atom stereocenters. The molecular weight excluding hydrogens is 252 g/mol. The molecule has 1 saturated heterocycles. The van der Waals surface area contributed by atoms with Gasteiger partial charge in [0.25, 0.3) is 0 Å². The van der Waals surface area contributed by atoms with Gasteiger partial charge in [-0.3, -0.25) is 0 Å². The van der Waals surface area contributed by atoms with Crippen molar-refractivity contribution in [3.63, 3.8) is 0 Å². The van der Waals surface area contributed by atoms with Crippen LogP contribution in [0.5, 0.6) is 5.88 Å². The highest BCUT2D eigenvalue weighted by Gasteiger charge is 2.20. The molecule has 1 aromatic rings. The summed E-state index contributed by atoms with van der Waals surface area (Å²) in [5, 5.41) is 3.40. The SMILES string of the molecule is CCN1CCC(CNc2ccc(N)c(OC(C)C)n2)C1. The second kappa shape index (κ2) is 6.79. The molecule has 112 valence electrons. The third-order valence-corrected chi connectivity index (χ3v) is 3.63. The summed E-state index contributed by atoms with van der Waals surface area (Å²) >= 11 is 0. The van der Waals surface area contributed by atoms with Crippen LogP contribution < -0.4 is 15.8 Å². The Balaban J connectivity index is 1.90. The monoisotopic (exact) mass is 278 g/mol. The van der Waals surface area contributed by atoms with Gasteiger partial charge in [0.1, 0.15) is 5.82 Å². The van der Waals surface area contributed by atoms with Gasteiger partial charge in [0, 0.05) is 13.1 Å². The summed E-state index contributed by atoms with van der Waals surface area (Å²) in [5.74, 6) is 2.06. The average molecular weight is 278 g/mol. The summed E-state index contributed by atoms with van der Waals surface area (Å²) in [5.41, 5.74) is 6.46. The Morgan fingerprint density at radius 2 is 2.30 bits per heavy atom. The third-order valence-electron chi connectivity index (χ3n) is 3.63. The second-order valence-corrected chi connectivity index (χ2v) is 5.69. The topological polar surface area (TPSA) is 63.4 Å². The fraction of sp³-hybridized carbons (Fsp3) is 0.667. The normalized spacial score (nSPS) is 19.5. The van der Waals surface area contributed by atoms with Crippen molar-refractivity contribution in [2.24, 2.45) is 5.92 Å². The average Bonchev–Trinajstić information content (AvgIpc) is 2.87. The molecule has 20 heavy (non-hydrogen) atoms. The lowest BCUT2D eigenvalue weighted by molar-refractivity contribution is 0.234. The molecule has 3 N–H and O–H groups in total. The van der Waals surface area contributed by atoms with Gasteiger partial charge in [0.05, 0.1) is 11.8 Å². The molecule has 0 aliphatic carbocycles. The molecule has 0 amide bonds. The first-order valence-corrected chi connectivity index (χ1v) is 7.48. The Kier molecular flexibility index (Phi) is 5.06. The number of hydrogen-bond acceptors (Lipinski definition) is 5. The van der Waals surface area contributed by atoms with E-state index in [1.165, 1.54) is 19.5 Å². The van der Waals surface area contributed by atoms with E-state index in [0.29, 0.717) is 17.5 Å². The Hall–Kier alpha value is -1.49. The summed E-state index contributed by atoms with van der Waals surface area (Å²) in [6, 6.07) is 3.76. The van der Waals surface area contributed by atoms with Gasteiger partial charge in [-0.15, -0.1) is 0 Å². The first kappa shape index (κ1) is 14.9. The zero-order chi connectivity index (χ0) is 14.5. The number of nitrogens with two attached hydrogens (primary N) is 1. The van der Waals surface area contributed by atoms with E-state index in [9.17, 15) is 0 Å². The van der Waals surface area contributed by atoms with Crippen molar-refractivity contribution in [1.29, 1.82) is 0 Å². The fourth-order valence-corrected chi connectivity index (χ4v) is 2.48. The first-order valence-electron chi connectivity index (χ1n) is 7.48. The van der Waals surface area contributed by atoms with Crippen molar-refractivity contribution < 1.29 is 4.74 Å². The van der Waals surface area contributed by atoms with Gasteiger partial charge >= 0.3 is 0 Å². The number of nitrogens with zero attached hydrogens (tertiary/aromatic N) is 2. The molecule has 0 aromatic carbocycles. The largest absolute Gasteiger partial charge is 0.473 e. The van der Waals surface area contributed by atoms with Crippen LogP contribution in [0.3, 0.4) is 0 Å². The quantitative estimate of drug-likeness (QED) is 0.835. The molecule has 0 bridgehead atoms. The van der Waals surface area contributed by atoms with Crippen LogP contribution in [0.1, 0.15) is 27.2 Å². The van der Waals surface area contributed by atoms with Crippen molar-refractivity contribution >= 4 is 11.5 Å². The van der Waals surface area contributed by atoms with Gasteiger partial charge in [-0.1, -0.05) is 6.92 Å². The van der Waals surface area contributed by atoms with E-state index in [4.69, 9.17) is 10.5 Å². The minimum atomic E-state index is 0.0768. The van der Waals surface area contributed by atoms with E-state index >= 15 is 0 Å². The van der Waals surface area contributed by atoms with Crippen molar-refractivity contribution in [2.45, 2.75) is 33.3 Å². The van der Waals surface area contributed by atoms with Gasteiger partial charge in [0.2, 0.25) is 5.88 Å². The second-order valence-electron chi connectivity index (χ2n) is 5.69. The number of likely N-dealkylation sites (tertiary alicyclic amines) is 1. The summed E-state index contributed by atoms with van der Waals surface area (Å²) in [6.07, 6.45) is 1.33. The first-order chi connectivity index (χ1) is 9.58. The highest BCUT2D eigenvalue weighted by molar-refractivity contribution is 5.53. The molecule has 1 aromatic heterocycles. The van der Waals surface area contributed by atoms with Crippen molar-refractivity contribution in [3.8, 4) is 5.88 Å². The van der Waals surface area contributed by atoms with Gasteiger partial charge in [0.15, 0.2) is 0 Å². The zero-order valence-electron chi connectivity index (χ0n) is 12.7. The van der Waals surface area contributed by atoms with Crippen molar-refractivity contribution in [1.82, 2.24) is 9.88 Å². The lowest BCUT2D eigenvalue weighted by atomic mass is 10.1. The smallest absolute Gasteiger partial charge is 0.239 e. The lowest BCUT2D eigenvalue weighted by Gasteiger charge is -2.15. The Labute approximate surface area is 121 Å². The summed E-state index contributed by atoms with van der Waals surface area (Å²) in [7, 11) is 0. The van der Waals surface area contributed by atoms with Gasteiger partial charge in [-0.05, 0) is 51.4 Å². The molecule has 5 heteroatoms. The summed E-state index contributed by atoms with van der Waals surface area (Å²) < 4.78 is 5.61. The highest BCUT2D eigenvalue weighted by atomic mass is 16.5. The van der Waals surface area contributed by atoms with Crippen LogP contribution in [-0.2, 0) is 0 Å². The molecule has 2 heterocycles. The third kappa shape index (κ3) is 4.00. The van der Waals surface area contributed by atoms with Crippen LogP contribution in [-0.4, -0.2) is 42.2 Å². The number of aromatic nitrogens is 1. The summed E-state index contributed by atoms with van der Waals surface area (Å²) in [4.78, 5) is 6.92. The number of pyridine rings is 1. The molecule has 1 fully saturated rings. The molecule has 1 atom stereocenters. The van der Waals surface area contributed by atoms with Crippen LogP contribution in [0.4, 0.5) is 11.5 Å². The number of rotatable bonds is 6. The van der Waals surface area contributed by atoms with E-state index in [0.717, 1.165) is 18.9 Å². The maximum absolute atomic E-state index is 5.87. The van der Waals surface area contributed by atoms with Crippen LogP contribution in [0.15, 0.2) is 12.1 Å². The van der Waals surface area contributed by atoms with Gasteiger partial charge in [-0.2, -0.15) is 4.98 Å². The van der Waals surface area contributed by atoms with Crippen LogP contribution in [0.2, 0.25) is 0 Å². The molecule has 1 aliphatic heterocycles. The minimum Gasteiger partial charge on any atom is -0.473 e. The maximum atomic E-state index is 5.87. The Bertz CT molecular complexity index is 436. The number of anilines is 2. The molecular formula is C15H26N4O. The van der Waals surface area contributed by atoms with Crippen molar-refractivity contribution in [2.75, 3.05) is 37.2 Å². The Morgan fingerprint density at radius 1 is 1.50 bits per heavy atom. The van der Waals surface area contributed by atoms with E-state index in [2.05, 4.69) is 22.1 Å². The molecule has 2 rings (SSSR count). The fourth-order valence-electron chi connectivity index (χ4n) is 2.48. The number of ether oxygens (including phenoxy) is 1. The maximum Gasteiger partial charge on any atom is 0.239 e. The van der Waals surface area contributed by atoms with Gasteiger partial charge in [-0.25, -0.2) is 0 Å². The molecule has 0 spiro atoms. The zero-order valence-corrected chi connectivity index (χ0v) is 12.7. The van der Waals surface area contributed by atoms with E-state index in [1.807, 2.05) is 26.0 Å². The molecule has 1 aliphatic rings. The Morgan fingerprint density at radius 3 is 2.95 bits per heavy atom. The molecule has 5 nitrogen and oxygen atoms in total. The highest BCUT2D eigenvalue weighted by Crippen LogP contribution is 2.23. The number of nitrogens with one attached hydrogen (secondary N) is 1. The predicted molar refractivity (Wildman–Crippen MR) is 83.1 cm³/mol. The summed E-state index contributed by atoms with van der Waals surface area (Å²) in [6.45, 7) is 10.6. The molecule has 0 saturated carbocycles. The molecule has 0 radical (unpaired) electrons. The van der Waals surface area contributed by atoms with E-state index in [-0.39, 0.29) is 6.10 Å². The van der Waals surface area contributed by atoms with E-state index < -0.39 is 0 Å².